The molecule has 0 atom stereocenters. The zero-order valence-electron chi connectivity index (χ0n) is 9.11. The van der Waals surface area contributed by atoms with E-state index in [2.05, 4.69) is 15.6 Å². The number of amides is 1. The van der Waals surface area contributed by atoms with E-state index in [1.807, 2.05) is 0 Å². The molecule has 0 aromatic carbocycles. The zero-order chi connectivity index (χ0) is 11.3. The van der Waals surface area contributed by atoms with Crippen LogP contribution in [0.25, 0.3) is 0 Å². The fourth-order valence-electron chi connectivity index (χ4n) is 1.05. The van der Waals surface area contributed by atoms with Crippen molar-refractivity contribution in [3.63, 3.8) is 0 Å². The maximum Gasteiger partial charge on any atom is 0.251 e. The lowest BCUT2D eigenvalue weighted by Gasteiger charge is -2.05. The third-order valence-electron chi connectivity index (χ3n) is 1.83. The first-order chi connectivity index (χ1) is 7.17. The number of rotatable bonds is 3. The summed E-state index contributed by atoms with van der Waals surface area (Å²) in [6, 6.07) is 1.60. The van der Waals surface area contributed by atoms with E-state index >= 15 is 0 Å². The van der Waals surface area contributed by atoms with E-state index < -0.39 is 5.91 Å². The van der Waals surface area contributed by atoms with Crippen molar-refractivity contribution in [2.75, 3.05) is 14.1 Å². The fraction of sp³-hybridized carbons (Fsp3) is 0.333. The molecule has 1 aromatic heterocycles. The summed E-state index contributed by atoms with van der Waals surface area (Å²) >= 11 is 0. The maximum absolute atomic E-state index is 10.8. The van der Waals surface area contributed by atoms with Crippen LogP contribution >= 0.6 is 24.0 Å². The number of carbonyl (C=O) groups is 1. The summed E-state index contributed by atoms with van der Waals surface area (Å²) in [4.78, 5) is 14.7. The van der Waals surface area contributed by atoms with E-state index in [0.29, 0.717) is 23.8 Å². The molecule has 1 rings (SSSR count). The Kier molecular flexibility index (Phi) is 6.54. The molecule has 1 amide bonds. The van der Waals surface area contributed by atoms with Gasteiger partial charge in [-0.1, -0.05) is 0 Å². The minimum atomic E-state index is -0.497. The van der Waals surface area contributed by atoms with Gasteiger partial charge in [0.05, 0.1) is 12.1 Å². The van der Waals surface area contributed by atoms with E-state index in [1.165, 1.54) is 6.26 Å². The van der Waals surface area contributed by atoms with Crippen LogP contribution in [-0.4, -0.2) is 26.0 Å². The second kappa shape index (κ2) is 7.09. The number of hydrogen-bond donors (Lipinski definition) is 3. The normalized spacial score (nSPS) is 10.5. The van der Waals surface area contributed by atoms with Crippen molar-refractivity contribution in [2.24, 2.45) is 10.7 Å². The Morgan fingerprint density at radius 2 is 2.31 bits per heavy atom. The van der Waals surface area contributed by atoms with Crippen LogP contribution in [0.1, 0.15) is 16.1 Å². The van der Waals surface area contributed by atoms with Crippen LogP contribution in [0.4, 0.5) is 0 Å². The van der Waals surface area contributed by atoms with E-state index in [4.69, 9.17) is 10.2 Å². The number of halogens is 1. The number of carbonyl (C=O) groups excluding carboxylic acids is 1. The number of hydrogen-bond acceptors (Lipinski definition) is 3. The highest BCUT2D eigenvalue weighted by molar-refractivity contribution is 14.0. The third kappa shape index (κ3) is 4.09. The molecular formula is C9H15IN4O2. The molecule has 0 aliphatic heterocycles. The summed E-state index contributed by atoms with van der Waals surface area (Å²) < 4.78 is 5.12. The summed E-state index contributed by atoms with van der Waals surface area (Å²) in [5.41, 5.74) is 5.45. The van der Waals surface area contributed by atoms with Gasteiger partial charge in [-0.25, -0.2) is 0 Å². The van der Waals surface area contributed by atoms with Gasteiger partial charge in [-0.15, -0.1) is 24.0 Å². The zero-order valence-corrected chi connectivity index (χ0v) is 11.4. The Morgan fingerprint density at radius 3 is 2.75 bits per heavy atom. The molecule has 7 heteroatoms. The maximum atomic E-state index is 10.8. The third-order valence-corrected chi connectivity index (χ3v) is 1.83. The van der Waals surface area contributed by atoms with E-state index in [-0.39, 0.29) is 24.0 Å². The minimum Gasteiger partial charge on any atom is -0.467 e. The molecule has 6 nitrogen and oxygen atoms in total. The lowest BCUT2D eigenvalue weighted by molar-refractivity contribution is 0.0999. The first-order valence-corrected chi connectivity index (χ1v) is 4.43. The average Bonchev–Trinajstić information content (AvgIpc) is 2.68. The molecule has 90 valence electrons. The average molecular weight is 338 g/mol. The van der Waals surface area contributed by atoms with Gasteiger partial charge in [-0.3, -0.25) is 9.79 Å². The van der Waals surface area contributed by atoms with Gasteiger partial charge in [0.2, 0.25) is 0 Å². The number of nitrogens with zero attached hydrogens (tertiary/aromatic N) is 1. The van der Waals surface area contributed by atoms with Gasteiger partial charge < -0.3 is 20.8 Å². The molecule has 0 unspecified atom stereocenters. The Hall–Kier alpha value is -1.25. The van der Waals surface area contributed by atoms with Gasteiger partial charge in [0, 0.05) is 14.1 Å². The molecular weight excluding hydrogens is 323 g/mol. The Balaban J connectivity index is 0.00000225. The van der Waals surface area contributed by atoms with Gasteiger partial charge in [0.25, 0.3) is 5.91 Å². The fourth-order valence-corrected chi connectivity index (χ4v) is 1.05. The quantitative estimate of drug-likeness (QED) is 0.420. The summed E-state index contributed by atoms with van der Waals surface area (Å²) in [6.07, 6.45) is 1.33. The topological polar surface area (TPSA) is 92.6 Å². The number of nitrogens with one attached hydrogen (secondary N) is 2. The lowest BCUT2D eigenvalue weighted by Crippen LogP contribution is -2.33. The van der Waals surface area contributed by atoms with Crippen molar-refractivity contribution in [1.29, 1.82) is 0 Å². The second-order valence-corrected chi connectivity index (χ2v) is 2.84. The van der Waals surface area contributed by atoms with E-state index in [9.17, 15) is 4.79 Å². The predicted octanol–water partition coefficient (Wildman–Crippen LogP) is 0.291. The molecule has 16 heavy (non-hydrogen) atoms. The monoisotopic (exact) mass is 338 g/mol. The standard InChI is InChI=1S/C9H14N4O2.HI/c1-11-9(12-2)13-4-7-3-6(5-15-7)8(10)14;/h3,5H,4H2,1-2H3,(H2,10,14)(H2,11,12,13);1H. The van der Waals surface area contributed by atoms with Crippen LogP contribution < -0.4 is 16.4 Å². The molecule has 0 aliphatic carbocycles. The molecule has 0 saturated carbocycles. The largest absolute Gasteiger partial charge is 0.467 e. The van der Waals surface area contributed by atoms with Gasteiger partial charge in [0.15, 0.2) is 5.96 Å². The number of nitrogens with two attached hydrogens (primary N) is 1. The lowest BCUT2D eigenvalue weighted by atomic mass is 10.3. The van der Waals surface area contributed by atoms with Gasteiger partial charge in [-0.05, 0) is 6.07 Å². The highest BCUT2D eigenvalue weighted by Gasteiger charge is 2.06. The van der Waals surface area contributed by atoms with Crippen LogP contribution in [0.2, 0.25) is 0 Å². The van der Waals surface area contributed by atoms with Crippen LogP contribution in [0.15, 0.2) is 21.7 Å². The van der Waals surface area contributed by atoms with Crippen molar-refractivity contribution < 1.29 is 9.21 Å². The molecule has 0 fully saturated rings. The number of furan rings is 1. The van der Waals surface area contributed by atoms with Gasteiger partial charge in [0.1, 0.15) is 12.0 Å². The predicted molar refractivity (Wildman–Crippen MR) is 71.9 cm³/mol. The molecule has 1 aromatic rings. The van der Waals surface area contributed by atoms with E-state index in [1.54, 1.807) is 20.2 Å². The van der Waals surface area contributed by atoms with Crippen LogP contribution in [0.5, 0.6) is 0 Å². The molecule has 0 saturated heterocycles. The second-order valence-electron chi connectivity index (χ2n) is 2.84. The summed E-state index contributed by atoms with van der Waals surface area (Å²) in [5, 5.41) is 5.84. The number of guanidine groups is 1. The summed E-state index contributed by atoms with van der Waals surface area (Å²) in [7, 11) is 3.42. The Bertz CT molecular complexity index is 375. The number of aliphatic imine (C=N–C) groups is 1. The van der Waals surface area contributed by atoms with Gasteiger partial charge in [-0.2, -0.15) is 0 Å². The van der Waals surface area contributed by atoms with Crippen molar-refractivity contribution in [3.05, 3.63) is 23.7 Å². The highest BCUT2D eigenvalue weighted by Crippen LogP contribution is 2.06. The smallest absolute Gasteiger partial charge is 0.251 e. The molecule has 1 heterocycles. The first kappa shape index (κ1) is 14.8. The van der Waals surface area contributed by atoms with Crippen LogP contribution in [0.3, 0.4) is 0 Å². The molecule has 0 radical (unpaired) electrons. The summed E-state index contributed by atoms with van der Waals surface area (Å²) in [6.45, 7) is 0.445. The van der Waals surface area contributed by atoms with Crippen molar-refractivity contribution in [3.8, 4) is 0 Å². The molecule has 0 bridgehead atoms. The van der Waals surface area contributed by atoms with Crippen molar-refractivity contribution in [1.82, 2.24) is 10.6 Å². The van der Waals surface area contributed by atoms with Crippen molar-refractivity contribution >= 4 is 35.8 Å². The highest BCUT2D eigenvalue weighted by atomic mass is 127. The van der Waals surface area contributed by atoms with Crippen LogP contribution in [0, 0.1) is 0 Å². The van der Waals surface area contributed by atoms with Gasteiger partial charge >= 0.3 is 0 Å². The van der Waals surface area contributed by atoms with E-state index in [0.717, 1.165) is 0 Å². The molecule has 4 N–H and O–H groups in total. The Labute approximate surface area is 111 Å². The minimum absolute atomic E-state index is 0. The molecule has 0 aliphatic rings. The summed E-state index contributed by atoms with van der Waals surface area (Å²) in [5.74, 6) is 0.773. The number of primary amides is 1. The Morgan fingerprint density at radius 1 is 1.62 bits per heavy atom. The van der Waals surface area contributed by atoms with Crippen molar-refractivity contribution in [2.45, 2.75) is 6.54 Å². The first-order valence-electron chi connectivity index (χ1n) is 4.43. The molecule has 0 spiro atoms. The SMILES string of the molecule is CN=C(NC)NCc1cc(C(N)=O)co1.I. The van der Waals surface area contributed by atoms with Crippen LogP contribution in [-0.2, 0) is 6.54 Å².